The molecule has 7 heteroatoms. The fourth-order valence-electron chi connectivity index (χ4n) is 3.56. The number of aromatic nitrogens is 2. The second-order valence-electron chi connectivity index (χ2n) is 7.26. The topological polar surface area (TPSA) is 50.3 Å². The number of hydrogen-bond donors (Lipinski definition) is 1. The predicted molar refractivity (Wildman–Crippen MR) is 119 cm³/mol. The van der Waals surface area contributed by atoms with Crippen molar-refractivity contribution in [1.29, 1.82) is 0 Å². The molecule has 3 aromatic rings. The zero-order chi connectivity index (χ0) is 20.1. The van der Waals surface area contributed by atoms with E-state index in [9.17, 15) is 0 Å². The molecule has 29 heavy (non-hydrogen) atoms. The van der Waals surface area contributed by atoms with Gasteiger partial charge < -0.3 is 15.0 Å². The fraction of sp³-hybridized carbons (Fsp3) is 0.364. The van der Waals surface area contributed by atoms with Gasteiger partial charge in [-0.15, -0.1) is 0 Å². The lowest BCUT2D eigenvalue weighted by molar-refractivity contribution is 0.100. The number of nitrogens with zero attached hydrogens (tertiary/aromatic N) is 3. The molecule has 2 aromatic heterocycles. The maximum Gasteiger partial charge on any atom is 0.161 e. The van der Waals surface area contributed by atoms with Crippen LogP contribution in [0.5, 0.6) is 5.75 Å². The Morgan fingerprint density at radius 2 is 1.93 bits per heavy atom. The first kappa shape index (κ1) is 20.2. The van der Waals surface area contributed by atoms with Crippen molar-refractivity contribution in [3.63, 3.8) is 0 Å². The number of likely N-dealkylation sites (tertiary alicyclic amines) is 1. The van der Waals surface area contributed by atoms with Gasteiger partial charge in [0, 0.05) is 37.3 Å². The number of ether oxygens (including phenoxy) is 1. The number of fused-ring (bicyclic) bond motifs is 1. The largest absolute Gasteiger partial charge is 0.490 e. The molecule has 1 aromatic carbocycles. The van der Waals surface area contributed by atoms with Gasteiger partial charge in [0.15, 0.2) is 5.65 Å². The van der Waals surface area contributed by atoms with Gasteiger partial charge in [-0.05, 0) is 62.2 Å². The summed E-state index contributed by atoms with van der Waals surface area (Å²) in [5.74, 6) is 1.67. The van der Waals surface area contributed by atoms with Crippen molar-refractivity contribution < 1.29 is 4.74 Å². The molecule has 0 spiro atoms. The lowest BCUT2D eigenvalue weighted by Gasteiger charge is -2.32. The van der Waals surface area contributed by atoms with Gasteiger partial charge in [-0.1, -0.05) is 23.2 Å². The van der Waals surface area contributed by atoms with Crippen molar-refractivity contribution in [2.45, 2.75) is 25.4 Å². The zero-order valence-electron chi connectivity index (χ0n) is 16.2. The molecule has 0 unspecified atom stereocenters. The third kappa shape index (κ3) is 5.50. The summed E-state index contributed by atoms with van der Waals surface area (Å²) in [7, 11) is 0. The Bertz CT molecular complexity index is 960. The summed E-state index contributed by atoms with van der Waals surface area (Å²) in [5.41, 5.74) is 0.779. The lowest BCUT2D eigenvalue weighted by Crippen LogP contribution is -2.39. The molecule has 1 aliphatic heterocycles. The summed E-state index contributed by atoms with van der Waals surface area (Å²) in [5, 5.41) is 5.55. The van der Waals surface area contributed by atoms with Gasteiger partial charge in [-0.2, -0.15) is 0 Å². The predicted octanol–water partition coefficient (Wildman–Crippen LogP) is 5.28. The van der Waals surface area contributed by atoms with Crippen molar-refractivity contribution in [3.05, 3.63) is 58.7 Å². The molecule has 152 valence electrons. The summed E-state index contributed by atoms with van der Waals surface area (Å²) in [6.45, 7) is 4.05. The average molecular weight is 431 g/mol. The Labute approximate surface area is 181 Å². The monoisotopic (exact) mass is 430 g/mol. The van der Waals surface area contributed by atoms with E-state index in [1.165, 1.54) is 0 Å². The molecule has 3 heterocycles. The minimum Gasteiger partial charge on any atom is -0.490 e. The van der Waals surface area contributed by atoms with Crippen LogP contribution in [0.1, 0.15) is 19.3 Å². The van der Waals surface area contributed by atoms with Crippen LogP contribution in [0, 0.1) is 0 Å². The first-order chi connectivity index (χ1) is 14.2. The van der Waals surface area contributed by atoms with Gasteiger partial charge in [0.2, 0.25) is 0 Å². The van der Waals surface area contributed by atoms with Crippen LogP contribution in [0.15, 0.2) is 48.7 Å². The number of piperidine rings is 1. The van der Waals surface area contributed by atoms with Crippen molar-refractivity contribution >= 4 is 40.1 Å². The molecular weight excluding hydrogens is 407 g/mol. The van der Waals surface area contributed by atoms with Crippen molar-refractivity contribution in [3.8, 4) is 5.75 Å². The molecule has 1 saturated heterocycles. The highest BCUT2D eigenvalue weighted by Gasteiger charge is 2.20. The fourth-order valence-corrected chi connectivity index (χ4v) is 3.85. The summed E-state index contributed by atoms with van der Waals surface area (Å²) in [4.78, 5) is 11.3. The van der Waals surface area contributed by atoms with E-state index in [1.807, 2.05) is 24.3 Å². The van der Waals surface area contributed by atoms with Crippen LogP contribution in [0.3, 0.4) is 0 Å². The van der Waals surface area contributed by atoms with Gasteiger partial charge in [0.25, 0.3) is 0 Å². The zero-order valence-corrected chi connectivity index (χ0v) is 17.7. The standard InChI is InChI=1S/C22H24Cl2N4O/c23-19-6-5-18(15-20(19)24)29-17-8-13-28(14-9-17)12-2-11-25-21-7-4-16-3-1-10-26-22(16)27-21/h1,3-7,10,15,17H,2,8-9,11-14H2,(H,25,26,27). The molecule has 0 amide bonds. The van der Waals surface area contributed by atoms with Crippen LogP contribution >= 0.6 is 23.2 Å². The van der Waals surface area contributed by atoms with Crippen LogP contribution in [0.2, 0.25) is 10.0 Å². The Morgan fingerprint density at radius 1 is 1.07 bits per heavy atom. The molecule has 4 rings (SSSR count). The molecule has 1 fully saturated rings. The summed E-state index contributed by atoms with van der Waals surface area (Å²) < 4.78 is 6.06. The number of nitrogens with one attached hydrogen (secondary N) is 1. The molecule has 0 aliphatic carbocycles. The molecular formula is C22H24Cl2N4O. The Hall–Kier alpha value is -2.08. The van der Waals surface area contributed by atoms with E-state index in [0.717, 1.165) is 68.0 Å². The Kier molecular flexibility index (Phi) is 6.70. The second-order valence-corrected chi connectivity index (χ2v) is 8.08. The third-order valence-electron chi connectivity index (χ3n) is 5.15. The molecule has 5 nitrogen and oxygen atoms in total. The average Bonchev–Trinajstić information content (AvgIpc) is 2.75. The van der Waals surface area contributed by atoms with E-state index in [0.29, 0.717) is 10.0 Å². The van der Waals surface area contributed by atoms with Crippen molar-refractivity contribution in [1.82, 2.24) is 14.9 Å². The van der Waals surface area contributed by atoms with Gasteiger partial charge in [-0.3, -0.25) is 0 Å². The third-order valence-corrected chi connectivity index (χ3v) is 5.89. The lowest BCUT2D eigenvalue weighted by atomic mass is 10.1. The highest BCUT2D eigenvalue weighted by Crippen LogP contribution is 2.28. The van der Waals surface area contributed by atoms with Crippen LogP contribution in [-0.4, -0.2) is 47.2 Å². The summed E-state index contributed by atoms with van der Waals surface area (Å²) in [6.07, 6.45) is 5.11. The van der Waals surface area contributed by atoms with Crippen LogP contribution in [-0.2, 0) is 0 Å². The summed E-state index contributed by atoms with van der Waals surface area (Å²) >= 11 is 12.0. The van der Waals surface area contributed by atoms with Crippen molar-refractivity contribution in [2.75, 3.05) is 31.5 Å². The molecule has 1 aliphatic rings. The molecule has 0 bridgehead atoms. The smallest absolute Gasteiger partial charge is 0.161 e. The van der Waals surface area contributed by atoms with Gasteiger partial charge >= 0.3 is 0 Å². The van der Waals surface area contributed by atoms with E-state index in [4.69, 9.17) is 27.9 Å². The van der Waals surface area contributed by atoms with E-state index in [1.54, 1.807) is 18.3 Å². The summed E-state index contributed by atoms with van der Waals surface area (Å²) in [6, 6.07) is 13.5. The van der Waals surface area contributed by atoms with Gasteiger partial charge in [0.05, 0.1) is 10.0 Å². The van der Waals surface area contributed by atoms with Gasteiger partial charge in [-0.25, -0.2) is 9.97 Å². The van der Waals surface area contributed by atoms with Crippen LogP contribution in [0.25, 0.3) is 11.0 Å². The number of anilines is 1. The van der Waals surface area contributed by atoms with Crippen molar-refractivity contribution in [2.24, 2.45) is 0 Å². The van der Waals surface area contributed by atoms with E-state index < -0.39 is 0 Å². The minimum absolute atomic E-state index is 0.232. The number of rotatable bonds is 7. The van der Waals surface area contributed by atoms with E-state index in [2.05, 4.69) is 26.3 Å². The first-order valence-corrected chi connectivity index (χ1v) is 10.7. The maximum absolute atomic E-state index is 6.06. The highest BCUT2D eigenvalue weighted by molar-refractivity contribution is 6.42. The molecule has 0 radical (unpaired) electrons. The number of benzene rings is 1. The number of halogens is 2. The minimum atomic E-state index is 0.232. The molecule has 0 atom stereocenters. The van der Waals surface area contributed by atoms with Crippen LogP contribution in [0.4, 0.5) is 5.82 Å². The quantitative estimate of drug-likeness (QED) is 0.516. The number of pyridine rings is 2. The second kappa shape index (κ2) is 9.61. The number of hydrogen-bond acceptors (Lipinski definition) is 5. The van der Waals surface area contributed by atoms with Gasteiger partial charge in [0.1, 0.15) is 17.7 Å². The van der Waals surface area contributed by atoms with E-state index in [-0.39, 0.29) is 6.10 Å². The van der Waals surface area contributed by atoms with E-state index >= 15 is 0 Å². The maximum atomic E-state index is 6.06. The van der Waals surface area contributed by atoms with Crippen LogP contribution < -0.4 is 10.1 Å². The Morgan fingerprint density at radius 3 is 2.76 bits per heavy atom. The SMILES string of the molecule is Clc1ccc(OC2CCN(CCCNc3ccc4cccnc4n3)CC2)cc1Cl. The first-order valence-electron chi connectivity index (χ1n) is 9.97. The molecule has 1 N–H and O–H groups in total. The Balaban J connectivity index is 1.16. The molecule has 0 saturated carbocycles. The normalized spacial score (nSPS) is 15.5. The highest BCUT2D eigenvalue weighted by atomic mass is 35.5.